The van der Waals surface area contributed by atoms with Crippen LogP contribution in [0.5, 0.6) is 0 Å². The number of anilines is 2. The second kappa shape index (κ2) is 8.71. The molecular weight excluding hydrogens is 410 g/mol. The summed E-state index contributed by atoms with van der Waals surface area (Å²) in [5.74, 6) is 0.258. The number of nitrogens with one attached hydrogen (secondary N) is 2. The molecule has 31 heavy (non-hydrogen) atoms. The fourth-order valence-electron chi connectivity index (χ4n) is 3.55. The Morgan fingerprint density at radius 1 is 1.03 bits per heavy atom. The number of aromatic nitrogens is 2. The van der Waals surface area contributed by atoms with Crippen molar-refractivity contribution in [3.8, 4) is 21.2 Å². The van der Waals surface area contributed by atoms with E-state index in [0.29, 0.717) is 11.6 Å². The molecule has 0 atom stereocenters. The van der Waals surface area contributed by atoms with E-state index in [9.17, 15) is 4.79 Å². The Morgan fingerprint density at radius 2 is 1.84 bits per heavy atom. The van der Waals surface area contributed by atoms with Crippen LogP contribution >= 0.6 is 11.3 Å². The van der Waals surface area contributed by atoms with Crippen LogP contribution in [0.2, 0.25) is 0 Å². The molecule has 0 unspecified atom stereocenters. The van der Waals surface area contributed by atoms with E-state index in [-0.39, 0.29) is 11.7 Å². The van der Waals surface area contributed by atoms with Crippen LogP contribution in [0.3, 0.4) is 0 Å². The zero-order valence-corrected chi connectivity index (χ0v) is 17.6. The summed E-state index contributed by atoms with van der Waals surface area (Å²) in [5.41, 5.74) is 2.76. The Hall–Kier alpha value is -3.49. The third-order valence-corrected chi connectivity index (χ3v) is 6.23. The average molecular weight is 432 g/mol. The molecule has 2 N–H and O–H groups in total. The molecule has 0 aliphatic carbocycles. The minimum atomic E-state index is -0.344. The van der Waals surface area contributed by atoms with Gasteiger partial charge < -0.3 is 20.0 Å². The van der Waals surface area contributed by atoms with Crippen LogP contribution in [0.1, 0.15) is 10.6 Å². The van der Waals surface area contributed by atoms with Crippen LogP contribution in [0.25, 0.3) is 21.2 Å². The highest BCUT2D eigenvalue weighted by Gasteiger charge is 2.19. The lowest BCUT2D eigenvalue weighted by Gasteiger charge is -2.30. The Labute approximate surface area is 183 Å². The second-order valence-electron chi connectivity index (χ2n) is 7.14. The monoisotopic (exact) mass is 431 g/mol. The first-order chi connectivity index (χ1) is 15.3. The molecule has 1 aliphatic rings. The van der Waals surface area contributed by atoms with Crippen molar-refractivity contribution >= 4 is 28.6 Å². The first-order valence-corrected chi connectivity index (χ1v) is 10.9. The number of carbonyl (C=O) groups excluding carboxylic acids is 1. The molecule has 0 bridgehead atoms. The SMILES string of the molecule is O=C(Nc1cnccc1N1CCNCC1)c1cnc(-c2ccc(-c3ccccc3)s2)o1. The Balaban J connectivity index is 1.33. The van der Waals surface area contributed by atoms with E-state index in [1.165, 1.54) is 6.20 Å². The first-order valence-electron chi connectivity index (χ1n) is 10.1. The van der Waals surface area contributed by atoms with Gasteiger partial charge in [0.1, 0.15) is 0 Å². The van der Waals surface area contributed by atoms with Gasteiger partial charge in [0.25, 0.3) is 5.91 Å². The van der Waals surface area contributed by atoms with Gasteiger partial charge in [0, 0.05) is 37.3 Å². The maximum atomic E-state index is 12.8. The molecule has 1 saturated heterocycles. The maximum absolute atomic E-state index is 12.8. The molecule has 1 fully saturated rings. The summed E-state index contributed by atoms with van der Waals surface area (Å²) >= 11 is 1.58. The summed E-state index contributed by atoms with van der Waals surface area (Å²) in [7, 11) is 0. The minimum Gasteiger partial charge on any atom is -0.430 e. The third-order valence-electron chi connectivity index (χ3n) is 5.11. The zero-order chi connectivity index (χ0) is 21.0. The van der Waals surface area contributed by atoms with Gasteiger partial charge in [-0.15, -0.1) is 11.3 Å². The van der Waals surface area contributed by atoms with Gasteiger partial charge >= 0.3 is 0 Å². The van der Waals surface area contributed by atoms with E-state index in [4.69, 9.17) is 4.42 Å². The van der Waals surface area contributed by atoms with Crippen LogP contribution in [0, 0.1) is 0 Å². The molecule has 7 nitrogen and oxygen atoms in total. The number of hydrogen-bond acceptors (Lipinski definition) is 7. The lowest BCUT2D eigenvalue weighted by Crippen LogP contribution is -2.43. The van der Waals surface area contributed by atoms with Gasteiger partial charge in [-0.05, 0) is 23.8 Å². The third kappa shape index (κ3) is 4.21. The van der Waals surface area contributed by atoms with Gasteiger partial charge in [-0.1, -0.05) is 30.3 Å². The molecule has 8 heteroatoms. The van der Waals surface area contributed by atoms with E-state index in [2.05, 4.69) is 37.6 Å². The number of nitrogens with zero attached hydrogens (tertiary/aromatic N) is 3. The topological polar surface area (TPSA) is 83.3 Å². The van der Waals surface area contributed by atoms with Crippen molar-refractivity contribution in [3.63, 3.8) is 0 Å². The predicted octanol–water partition coefficient (Wildman–Crippen LogP) is 4.13. The standard InChI is InChI=1S/C23H21N5O2S/c29-22(27-17-14-25-9-8-18(17)28-12-10-24-11-13-28)19-15-26-23(30-19)21-7-6-20(31-21)16-4-2-1-3-5-16/h1-9,14-15,24H,10-13H2,(H,27,29). The highest BCUT2D eigenvalue weighted by atomic mass is 32.1. The van der Waals surface area contributed by atoms with Crippen molar-refractivity contribution in [1.82, 2.24) is 15.3 Å². The molecule has 156 valence electrons. The summed E-state index contributed by atoms with van der Waals surface area (Å²) in [6.07, 6.45) is 4.87. The fourth-order valence-corrected chi connectivity index (χ4v) is 4.50. The highest BCUT2D eigenvalue weighted by molar-refractivity contribution is 7.18. The summed E-state index contributed by atoms with van der Waals surface area (Å²) in [4.78, 5) is 25.5. The van der Waals surface area contributed by atoms with E-state index < -0.39 is 0 Å². The maximum Gasteiger partial charge on any atom is 0.293 e. The molecule has 4 heterocycles. The first kappa shape index (κ1) is 19.5. The molecular formula is C23H21N5O2S. The number of amides is 1. The van der Waals surface area contributed by atoms with Crippen LogP contribution in [-0.2, 0) is 0 Å². The van der Waals surface area contributed by atoms with E-state index >= 15 is 0 Å². The van der Waals surface area contributed by atoms with Crippen molar-refractivity contribution < 1.29 is 9.21 Å². The highest BCUT2D eigenvalue weighted by Crippen LogP contribution is 2.34. The van der Waals surface area contributed by atoms with Gasteiger partial charge in [-0.3, -0.25) is 9.78 Å². The van der Waals surface area contributed by atoms with Crippen molar-refractivity contribution in [1.29, 1.82) is 0 Å². The Kier molecular flexibility index (Phi) is 5.47. The van der Waals surface area contributed by atoms with Gasteiger partial charge in [0.05, 0.1) is 28.6 Å². The summed E-state index contributed by atoms with van der Waals surface area (Å²) in [6.45, 7) is 3.57. The summed E-state index contributed by atoms with van der Waals surface area (Å²) < 4.78 is 5.78. The average Bonchev–Trinajstić information content (AvgIpc) is 3.51. The number of pyridine rings is 1. The minimum absolute atomic E-state index is 0.166. The molecule has 1 aliphatic heterocycles. The van der Waals surface area contributed by atoms with Crippen LogP contribution in [0.15, 0.2) is 71.5 Å². The Bertz CT molecular complexity index is 1180. The van der Waals surface area contributed by atoms with Crippen LogP contribution < -0.4 is 15.5 Å². The molecule has 0 spiro atoms. The number of hydrogen-bond donors (Lipinski definition) is 2. The largest absolute Gasteiger partial charge is 0.430 e. The smallest absolute Gasteiger partial charge is 0.293 e. The number of benzene rings is 1. The number of oxazole rings is 1. The van der Waals surface area contributed by atoms with Gasteiger partial charge in [0.2, 0.25) is 11.7 Å². The molecule has 1 aromatic carbocycles. The van der Waals surface area contributed by atoms with Crippen LogP contribution in [-0.4, -0.2) is 42.1 Å². The number of rotatable bonds is 5. The van der Waals surface area contributed by atoms with E-state index in [1.54, 1.807) is 23.7 Å². The van der Waals surface area contributed by atoms with Crippen molar-refractivity contribution in [2.24, 2.45) is 0 Å². The second-order valence-corrected chi connectivity index (χ2v) is 8.23. The molecule has 0 radical (unpaired) electrons. The van der Waals surface area contributed by atoms with E-state index in [0.717, 1.165) is 47.2 Å². The fraction of sp³-hybridized carbons (Fsp3) is 0.174. The number of thiophene rings is 1. The molecule has 4 aromatic rings. The molecule has 5 rings (SSSR count). The molecule has 3 aromatic heterocycles. The summed E-state index contributed by atoms with van der Waals surface area (Å²) in [5, 5.41) is 6.26. The Morgan fingerprint density at radius 3 is 2.68 bits per heavy atom. The van der Waals surface area contributed by atoms with Crippen molar-refractivity contribution in [2.75, 3.05) is 36.4 Å². The number of carbonyl (C=O) groups is 1. The lowest BCUT2D eigenvalue weighted by molar-refractivity contribution is 0.0997. The molecule has 0 saturated carbocycles. The van der Waals surface area contributed by atoms with Gasteiger partial charge in [-0.25, -0.2) is 4.98 Å². The normalized spacial score (nSPS) is 13.9. The quantitative estimate of drug-likeness (QED) is 0.494. The summed E-state index contributed by atoms with van der Waals surface area (Å²) in [6, 6.07) is 16.1. The predicted molar refractivity (Wildman–Crippen MR) is 123 cm³/mol. The van der Waals surface area contributed by atoms with Crippen molar-refractivity contribution in [2.45, 2.75) is 0 Å². The number of piperazine rings is 1. The van der Waals surface area contributed by atoms with Gasteiger partial charge in [0.15, 0.2) is 0 Å². The lowest BCUT2D eigenvalue weighted by atomic mass is 10.2. The van der Waals surface area contributed by atoms with Gasteiger partial charge in [-0.2, -0.15) is 0 Å². The van der Waals surface area contributed by atoms with Crippen LogP contribution in [0.4, 0.5) is 11.4 Å². The van der Waals surface area contributed by atoms with E-state index in [1.807, 2.05) is 36.4 Å². The van der Waals surface area contributed by atoms with Crippen molar-refractivity contribution in [3.05, 3.63) is 72.9 Å². The zero-order valence-electron chi connectivity index (χ0n) is 16.7. The molecule has 1 amide bonds.